The number of halogens is 1. The number of hydrogen-bond acceptors (Lipinski definition) is 6. The molecule has 7 N–H and O–H groups in total. The fourth-order valence-corrected chi connectivity index (χ4v) is 4.37. The van der Waals surface area contributed by atoms with Crippen molar-refractivity contribution in [3.8, 4) is 0 Å². The van der Waals surface area contributed by atoms with Crippen molar-refractivity contribution in [2.45, 2.75) is 38.0 Å². The predicted molar refractivity (Wildman–Crippen MR) is 112 cm³/mol. The summed E-state index contributed by atoms with van der Waals surface area (Å²) in [5.74, 6) is 5.21. The maximum atomic E-state index is 14.8. The molecule has 1 aromatic heterocycles. The van der Waals surface area contributed by atoms with Gasteiger partial charge in [-0.25, -0.2) is 14.0 Å². The van der Waals surface area contributed by atoms with Crippen LogP contribution < -0.4 is 38.8 Å². The van der Waals surface area contributed by atoms with Crippen molar-refractivity contribution in [1.82, 2.24) is 14.6 Å². The van der Waals surface area contributed by atoms with E-state index < -0.39 is 35.4 Å². The zero-order chi connectivity index (χ0) is 21.7. The molecule has 1 aliphatic carbocycles. The van der Waals surface area contributed by atoms with Crippen molar-refractivity contribution in [2.75, 3.05) is 30.4 Å². The molecule has 0 spiro atoms. The van der Waals surface area contributed by atoms with E-state index in [2.05, 4.69) is 5.32 Å². The van der Waals surface area contributed by atoms with E-state index in [1.54, 1.807) is 16.7 Å². The van der Waals surface area contributed by atoms with Gasteiger partial charge in [0, 0.05) is 43.3 Å². The van der Waals surface area contributed by atoms with Gasteiger partial charge in [0.25, 0.3) is 5.56 Å². The number of primary amides is 1. The molecule has 1 saturated heterocycles. The number of nitrogen functional groups attached to an aromatic ring is 1. The van der Waals surface area contributed by atoms with E-state index in [0.717, 1.165) is 24.1 Å². The second-order valence-corrected chi connectivity index (χ2v) is 8.16. The van der Waals surface area contributed by atoms with Gasteiger partial charge >= 0.3 is 11.7 Å². The molecule has 162 valence electrons. The molecule has 10 nitrogen and oxygen atoms in total. The highest BCUT2D eigenvalue weighted by Crippen LogP contribution is 2.38. The van der Waals surface area contributed by atoms with Crippen LogP contribution in [0.4, 0.5) is 14.9 Å². The normalized spacial score (nSPS) is 22.4. The number of rotatable bonds is 5. The van der Waals surface area contributed by atoms with Crippen LogP contribution in [-0.4, -0.2) is 47.1 Å². The van der Waals surface area contributed by atoms with E-state index >= 15 is 0 Å². The highest BCUT2D eigenvalue weighted by atomic mass is 19.1. The quantitative estimate of drug-likeness (QED) is 0.470. The first-order valence-electron chi connectivity index (χ1n) is 9.94. The van der Waals surface area contributed by atoms with Crippen LogP contribution in [-0.2, 0) is 0 Å². The highest BCUT2D eigenvalue weighted by molar-refractivity contribution is 5.87. The second kappa shape index (κ2) is 7.31. The summed E-state index contributed by atoms with van der Waals surface area (Å²) in [6.45, 7) is 2.38. The van der Waals surface area contributed by atoms with E-state index in [4.69, 9.17) is 17.3 Å². The number of anilines is 1. The number of aromatic nitrogens is 2. The summed E-state index contributed by atoms with van der Waals surface area (Å²) in [6.07, 6.45) is 0.501. The summed E-state index contributed by atoms with van der Waals surface area (Å²) >= 11 is 0. The van der Waals surface area contributed by atoms with Gasteiger partial charge in [0.15, 0.2) is 0 Å². The number of carbonyl (C=O) groups excluding carboxylic acids is 1. The number of carbonyl (C=O) groups is 1. The van der Waals surface area contributed by atoms with Crippen LogP contribution in [0.3, 0.4) is 0 Å². The molecule has 2 amide bonds. The van der Waals surface area contributed by atoms with Crippen LogP contribution in [0.25, 0.3) is 10.9 Å². The Morgan fingerprint density at radius 2 is 2.00 bits per heavy atom. The number of nitrogens with zero attached hydrogens (tertiary/aromatic N) is 3. The summed E-state index contributed by atoms with van der Waals surface area (Å²) in [7, 11) is 0. The zero-order valence-electron chi connectivity index (χ0n) is 16.7. The average Bonchev–Trinajstić information content (AvgIpc) is 3.46. The monoisotopic (exact) mass is 419 g/mol. The molecular formula is C19H26FN7O3. The minimum absolute atomic E-state index is 0.0119. The lowest BCUT2D eigenvalue weighted by atomic mass is 9.98. The number of alkyl halides is 1. The van der Waals surface area contributed by atoms with Crippen LogP contribution in [0, 0.1) is 12.8 Å². The van der Waals surface area contributed by atoms with Crippen molar-refractivity contribution in [2.24, 2.45) is 17.4 Å². The number of nitrogens with one attached hydrogen (secondary N) is 1. The van der Waals surface area contributed by atoms with Gasteiger partial charge in [-0.05, 0) is 37.5 Å². The van der Waals surface area contributed by atoms with Crippen molar-refractivity contribution < 1.29 is 9.18 Å². The van der Waals surface area contributed by atoms with Crippen molar-refractivity contribution >= 4 is 22.6 Å². The van der Waals surface area contributed by atoms with Crippen LogP contribution >= 0.6 is 0 Å². The molecule has 2 heterocycles. The summed E-state index contributed by atoms with van der Waals surface area (Å²) in [5, 5.41) is 2.78. The first kappa shape index (κ1) is 20.2. The number of urea groups is 1. The Hall–Kier alpha value is -3.08. The van der Waals surface area contributed by atoms with Gasteiger partial charge in [-0.3, -0.25) is 9.36 Å². The van der Waals surface area contributed by atoms with Gasteiger partial charge in [0.05, 0.1) is 10.9 Å². The van der Waals surface area contributed by atoms with Crippen molar-refractivity contribution in [3.05, 3.63) is 38.5 Å². The van der Waals surface area contributed by atoms with E-state index in [0.29, 0.717) is 22.1 Å². The Kier molecular flexibility index (Phi) is 4.92. The number of fused-ring (bicyclic) bond motifs is 1. The van der Waals surface area contributed by atoms with Crippen LogP contribution in [0.2, 0.25) is 0 Å². The summed E-state index contributed by atoms with van der Waals surface area (Å²) in [4.78, 5) is 38.0. The molecule has 30 heavy (non-hydrogen) atoms. The van der Waals surface area contributed by atoms with Gasteiger partial charge < -0.3 is 27.5 Å². The topological polar surface area (TPSA) is 154 Å². The first-order chi connectivity index (χ1) is 14.2. The van der Waals surface area contributed by atoms with Gasteiger partial charge in [-0.15, -0.1) is 0 Å². The Bertz CT molecular complexity index is 1120. The van der Waals surface area contributed by atoms with Gasteiger partial charge in [-0.2, -0.15) is 4.68 Å². The van der Waals surface area contributed by atoms with Gasteiger partial charge in [-0.1, -0.05) is 0 Å². The number of hydrogen-bond donors (Lipinski definition) is 4. The summed E-state index contributed by atoms with van der Waals surface area (Å²) < 4.78 is 17.0. The molecular weight excluding hydrogens is 393 g/mol. The van der Waals surface area contributed by atoms with Crippen molar-refractivity contribution in [3.63, 3.8) is 0 Å². The van der Waals surface area contributed by atoms with Gasteiger partial charge in [0.1, 0.15) is 6.17 Å². The molecule has 0 bridgehead atoms. The van der Waals surface area contributed by atoms with Gasteiger partial charge in [0.2, 0.25) is 0 Å². The molecule has 1 aliphatic heterocycles. The largest absolute Gasteiger partial charge is 0.368 e. The minimum atomic E-state index is -1.19. The molecule has 1 saturated carbocycles. The molecule has 0 radical (unpaired) electrons. The molecule has 1 aromatic carbocycles. The molecule has 2 aromatic rings. The second-order valence-electron chi connectivity index (χ2n) is 8.16. The fourth-order valence-electron chi connectivity index (χ4n) is 4.37. The Balaban J connectivity index is 1.72. The first-order valence-corrected chi connectivity index (χ1v) is 9.94. The molecule has 2 fully saturated rings. The molecule has 3 atom stereocenters. The molecule has 11 heteroatoms. The van der Waals surface area contributed by atoms with E-state index in [9.17, 15) is 18.8 Å². The predicted octanol–water partition coefficient (Wildman–Crippen LogP) is -0.710. The van der Waals surface area contributed by atoms with Crippen molar-refractivity contribution in [1.29, 1.82) is 0 Å². The van der Waals surface area contributed by atoms with E-state index in [1.807, 2.05) is 11.8 Å². The zero-order valence-corrected chi connectivity index (χ0v) is 16.7. The summed E-state index contributed by atoms with van der Waals surface area (Å²) in [5.41, 5.74) is 12.1. The lowest BCUT2D eigenvalue weighted by molar-refractivity contribution is 0.235. The fraction of sp³-hybridized carbons (Fsp3) is 0.526. The maximum Gasteiger partial charge on any atom is 0.350 e. The number of benzene rings is 1. The van der Waals surface area contributed by atoms with E-state index in [-0.39, 0.29) is 19.1 Å². The van der Waals surface area contributed by atoms with Crippen LogP contribution in [0.5, 0.6) is 0 Å². The Labute approximate surface area is 171 Å². The van der Waals surface area contributed by atoms with E-state index in [1.165, 1.54) is 0 Å². The highest BCUT2D eigenvalue weighted by Gasteiger charge is 2.38. The number of nitrogens with two attached hydrogens (primary N) is 3. The maximum absolute atomic E-state index is 14.8. The third kappa shape index (κ3) is 3.28. The standard InChI is InChI=1S/C19H26FN7O3/c1-9-15(25-7-12(13(20)8-25)14(21)6-24-18(22)29)5-4-11-16(9)26(10-2-3-10)19(30)27(23)17(11)28/h4-5,10,12-14H,2-3,6-8,21,23H2,1H3,(H3,22,24,29). The van der Waals surface area contributed by atoms with Crippen LogP contribution in [0.1, 0.15) is 24.4 Å². The number of aryl methyl sites for hydroxylation is 1. The molecule has 2 aliphatic rings. The molecule has 4 rings (SSSR count). The lowest BCUT2D eigenvalue weighted by Crippen LogP contribution is -2.46. The Morgan fingerprint density at radius 1 is 1.30 bits per heavy atom. The average molecular weight is 419 g/mol. The lowest BCUT2D eigenvalue weighted by Gasteiger charge is -2.24. The third-order valence-electron chi connectivity index (χ3n) is 6.11. The smallest absolute Gasteiger partial charge is 0.350 e. The SMILES string of the molecule is Cc1c(N2CC(F)C(C(N)CNC(N)=O)C2)ccc2c(=O)n(N)c(=O)n(C3CC3)c12. The summed E-state index contributed by atoms with van der Waals surface area (Å²) in [6, 6.07) is 2.11. The van der Waals surface area contributed by atoms with Crippen LogP contribution in [0.15, 0.2) is 21.7 Å². The Morgan fingerprint density at radius 3 is 2.63 bits per heavy atom. The minimum Gasteiger partial charge on any atom is -0.368 e. The molecule has 3 unspecified atom stereocenters. The number of amides is 2. The third-order valence-corrected chi connectivity index (χ3v) is 6.11.